The fraction of sp³-hybridized carbons (Fsp3) is 0.333. The lowest BCUT2D eigenvalue weighted by Crippen LogP contribution is -2.28. The normalized spacial score (nSPS) is 22.0. The highest BCUT2D eigenvalue weighted by atomic mass is 19.1. The molecule has 2 N–H and O–H groups in total. The first-order valence-electron chi connectivity index (χ1n) is 3.95. The Kier molecular flexibility index (Phi) is 1.83. The van der Waals surface area contributed by atoms with Crippen molar-refractivity contribution in [3.8, 4) is 0 Å². The lowest BCUT2D eigenvalue weighted by molar-refractivity contribution is 0.164. The third kappa shape index (κ3) is 1.11. The molecule has 2 rings (SSSR count). The molecule has 1 aliphatic heterocycles. The van der Waals surface area contributed by atoms with Crippen LogP contribution < -0.4 is 5.32 Å². The highest BCUT2D eigenvalue weighted by Gasteiger charge is 2.19. The van der Waals surface area contributed by atoms with E-state index in [4.69, 9.17) is 0 Å². The maximum atomic E-state index is 13.1. The van der Waals surface area contributed by atoms with Crippen LogP contribution in [-0.4, -0.2) is 11.7 Å². The Bertz CT molecular complexity index is 301. The molecule has 3 heteroatoms. The molecule has 0 saturated heterocycles. The number of rotatable bonds is 0. The summed E-state index contributed by atoms with van der Waals surface area (Å²) in [6.07, 6.45) is -0.565. The van der Waals surface area contributed by atoms with E-state index in [1.807, 2.05) is 0 Å². The predicted octanol–water partition coefficient (Wildman–Crippen LogP) is 0.962. The monoisotopic (exact) mass is 167 g/mol. The molecule has 2 nitrogen and oxygen atoms in total. The Hall–Kier alpha value is -0.930. The highest BCUT2D eigenvalue weighted by Crippen LogP contribution is 2.23. The van der Waals surface area contributed by atoms with Crippen molar-refractivity contribution in [2.75, 3.05) is 6.54 Å². The first-order chi connectivity index (χ1) is 5.79. The first-order valence-corrected chi connectivity index (χ1v) is 3.95. The zero-order valence-corrected chi connectivity index (χ0v) is 6.55. The lowest BCUT2D eigenvalue weighted by atomic mass is 9.98. The molecule has 0 radical (unpaired) electrons. The van der Waals surface area contributed by atoms with Gasteiger partial charge in [0.05, 0.1) is 6.10 Å². The van der Waals surface area contributed by atoms with Crippen molar-refractivity contribution in [2.45, 2.75) is 12.6 Å². The molecule has 1 aromatic rings. The van der Waals surface area contributed by atoms with Crippen molar-refractivity contribution in [1.82, 2.24) is 5.32 Å². The molecule has 0 bridgehead atoms. The van der Waals surface area contributed by atoms with E-state index in [1.165, 1.54) is 6.07 Å². The Balaban J connectivity index is 2.52. The summed E-state index contributed by atoms with van der Waals surface area (Å²) in [6.45, 7) is 1.02. The molecule has 1 aromatic carbocycles. The zero-order valence-electron chi connectivity index (χ0n) is 6.55. The van der Waals surface area contributed by atoms with E-state index >= 15 is 0 Å². The zero-order chi connectivity index (χ0) is 8.55. The van der Waals surface area contributed by atoms with Gasteiger partial charge in [-0.2, -0.15) is 0 Å². The fourth-order valence-electron chi connectivity index (χ4n) is 1.52. The van der Waals surface area contributed by atoms with E-state index in [1.54, 1.807) is 12.1 Å². The maximum absolute atomic E-state index is 13.1. The van der Waals surface area contributed by atoms with Gasteiger partial charge in [0.2, 0.25) is 0 Å². The number of halogens is 1. The molecule has 0 spiro atoms. The second kappa shape index (κ2) is 2.84. The van der Waals surface area contributed by atoms with Crippen LogP contribution in [0.4, 0.5) is 4.39 Å². The maximum Gasteiger partial charge on any atom is 0.128 e. The van der Waals surface area contributed by atoms with Gasteiger partial charge in [-0.15, -0.1) is 0 Å². The van der Waals surface area contributed by atoms with Crippen molar-refractivity contribution < 1.29 is 9.50 Å². The van der Waals surface area contributed by atoms with E-state index in [0.717, 1.165) is 0 Å². The molecule has 0 aromatic heterocycles. The number of aliphatic hydroxyl groups excluding tert-OH is 1. The van der Waals surface area contributed by atoms with Crippen LogP contribution in [0.25, 0.3) is 0 Å². The van der Waals surface area contributed by atoms with Gasteiger partial charge in [-0.05, 0) is 11.6 Å². The fourth-order valence-corrected chi connectivity index (χ4v) is 1.52. The van der Waals surface area contributed by atoms with Gasteiger partial charge >= 0.3 is 0 Å². The average molecular weight is 167 g/mol. The molecule has 64 valence electrons. The van der Waals surface area contributed by atoms with Crippen LogP contribution in [0, 0.1) is 5.82 Å². The molecule has 1 aliphatic rings. The summed E-state index contributed by atoms with van der Waals surface area (Å²) in [5.41, 5.74) is 1.31. The van der Waals surface area contributed by atoms with E-state index in [-0.39, 0.29) is 5.82 Å². The minimum Gasteiger partial charge on any atom is -0.387 e. The van der Waals surface area contributed by atoms with Crippen LogP contribution >= 0.6 is 0 Å². The Morgan fingerprint density at radius 1 is 1.50 bits per heavy atom. The third-order valence-electron chi connectivity index (χ3n) is 2.15. The van der Waals surface area contributed by atoms with Gasteiger partial charge in [0.15, 0.2) is 0 Å². The molecule has 0 saturated carbocycles. The minimum absolute atomic E-state index is 0.237. The summed E-state index contributed by atoms with van der Waals surface area (Å²) in [7, 11) is 0. The van der Waals surface area contributed by atoms with Gasteiger partial charge in [0, 0.05) is 18.7 Å². The number of nitrogens with one attached hydrogen (secondary N) is 1. The summed E-state index contributed by atoms with van der Waals surface area (Å²) < 4.78 is 13.1. The average Bonchev–Trinajstić information content (AvgIpc) is 2.07. The lowest BCUT2D eigenvalue weighted by Gasteiger charge is -2.22. The highest BCUT2D eigenvalue weighted by molar-refractivity contribution is 5.32. The van der Waals surface area contributed by atoms with Gasteiger partial charge in [0.1, 0.15) is 5.82 Å². The SMILES string of the molecule is OC1CNCc2c(F)cccc21. The topological polar surface area (TPSA) is 32.3 Å². The molecule has 0 amide bonds. The minimum atomic E-state index is -0.565. The number of hydrogen-bond donors (Lipinski definition) is 2. The summed E-state index contributed by atoms with van der Waals surface area (Å²) in [5, 5.41) is 12.4. The van der Waals surface area contributed by atoms with Gasteiger partial charge in [-0.1, -0.05) is 12.1 Å². The molecular formula is C9H10FNO. The van der Waals surface area contributed by atoms with Crippen molar-refractivity contribution >= 4 is 0 Å². The molecule has 1 unspecified atom stereocenters. The van der Waals surface area contributed by atoms with Crippen LogP contribution in [0.2, 0.25) is 0 Å². The molecule has 1 heterocycles. The van der Waals surface area contributed by atoms with Crippen LogP contribution in [0.5, 0.6) is 0 Å². The van der Waals surface area contributed by atoms with Crippen molar-refractivity contribution in [1.29, 1.82) is 0 Å². The molecule has 12 heavy (non-hydrogen) atoms. The van der Waals surface area contributed by atoms with Crippen molar-refractivity contribution in [3.63, 3.8) is 0 Å². The van der Waals surface area contributed by atoms with Crippen LogP contribution in [-0.2, 0) is 6.54 Å². The molecule has 0 fully saturated rings. The summed E-state index contributed by atoms with van der Waals surface area (Å²) in [6, 6.07) is 4.81. The second-order valence-corrected chi connectivity index (χ2v) is 2.95. The van der Waals surface area contributed by atoms with Crippen molar-refractivity contribution in [2.24, 2.45) is 0 Å². The largest absolute Gasteiger partial charge is 0.387 e. The van der Waals surface area contributed by atoms with E-state index in [0.29, 0.717) is 24.2 Å². The number of benzene rings is 1. The van der Waals surface area contributed by atoms with Crippen LogP contribution in [0.3, 0.4) is 0 Å². The summed E-state index contributed by atoms with van der Waals surface area (Å²) in [5.74, 6) is -0.237. The van der Waals surface area contributed by atoms with Crippen molar-refractivity contribution in [3.05, 3.63) is 35.1 Å². The predicted molar refractivity (Wildman–Crippen MR) is 43.1 cm³/mol. The second-order valence-electron chi connectivity index (χ2n) is 2.95. The first kappa shape index (κ1) is 7.71. The van der Waals surface area contributed by atoms with Crippen LogP contribution in [0.15, 0.2) is 18.2 Å². The Morgan fingerprint density at radius 3 is 3.08 bits per heavy atom. The van der Waals surface area contributed by atoms with Gasteiger partial charge in [0.25, 0.3) is 0 Å². The molecule has 1 atom stereocenters. The Labute approximate surface area is 70.0 Å². The third-order valence-corrected chi connectivity index (χ3v) is 2.15. The van der Waals surface area contributed by atoms with E-state index < -0.39 is 6.10 Å². The summed E-state index contributed by atoms with van der Waals surface area (Å²) >= 11 is 0. The smallest absolute Gasteiger partial charge is 0.128 e. The number of β-amino-alcohol motifs (C(OH)–C–C–N with tert-alkyl or cyclic N) is 1. The standard InChI is InChI=1S/C9H10FNO/c10-8-3-1-2-6-7(8)4-11-5-9(6)12/h1-3,9,11-12H,4-5H2. The summed E-state index contributed by atoms with van der Waals surface area (Å²) in [4.78, 5) is 0. The Morgan fingerprint density at radius 2 is 2.33 bits per heavy atom. The molecular weight excluding hydrogens is 157 g/mol. The van der Waals surface area contributed by atoms with E-state index in [9.17, 15) is 9.50 Å². The number of fused-ring (bicyclic) bond motifs is 1. The molecule has 0 aliphatic carbocycles. The number of aliphatic hydroxyl groups is 1. The van der Waals surface area contributed by atoms with Crippen LogP contribution in [0.1, 0.15) is 17.2 Å². The quantitative estimate of drug-likeness (QED) is 0.603. The number of hydrogen-bond acceptors (Lipinski definition) is 2. The van der Waals surface area contributed by atoms with Gasteiger partial charge < -0.3 is 10.4 Å². The van der Waals surface area contributed by atoms with E-state index in [2.05, 4.69) is 5.32 Å². The van der Waals surface area contributed by atoms with Gasteiger partial charge in [-0.3, -0.25) is 0 Å². The van der Waals surface area contributed by atoms with Gasteiger partial charge in [-0.25, -0.2) is 4.39 Å².